The third kappa shape index (κ3) is 6.26. The van der Waals surface area contributed by atoms with Crippen LogP contribution in [0.4, 0.5) is 0 Å². The van der Waals surface area contributed by atoms with Gasteiger partial charge >= 0.3 is 0 Å². The number of aromatic nitrogens is 2. The molecular weight excluding hydrogens is 304 g/mol. The summed E-state index contributed by atoms with van der Waals surface area (Å²) >= 11 is 0. The number of fused-ring (bicyclic) bond motifs is 2. The Bertz CT molecular complexity index is 609. The van der Waals surface area contributed by atoms with Crippen LogP contribution in [-0.4, -0.2) is 9.97 Å². The second-order valence-corrected chi connectivity index (χ2v) is 7.03. The van der Waals surface area contributed by atoms with E-state index in [1.54, 1.807) is 0 Å². The van der Waals surface area contributed by atoms with E-state index < -0.39 is 0 Å². The van der Waals surface area contributed by atoms with Crippen molar-refractivity contribution in [1.82, 2.24) is 9.97 Å². The van der Waals surface area contributed by atoms with E-state index in [0.29, 0.717) is 0 Å². The molecule has 4 rings (SSSR count). The van der Waals surface area contributed by atoms with Crippen LogP contribution in [0.5, 0.6) is 0 Å². The summed E-state index contributed by atoms with van der Waals surface area (Å²) in [5, 5.41) is 0. The molecule has 2 aromatic heterocycles. The molecule has 0 amide bonds. The largest absolute Gasteiger partial charge is 0.261 e. The Kier molecular flexibility index (Phi) is 8.65. The quantitative estimate of drug-likeness (QED) is 0.647. The Morgan fingerprint density at radius 3 is 2.04 bits per heavy atom. The van der Waals surface area contributed by atoms with Gasteiger partial charge in [-0.25, -0.2) is 0 Å². The molecule has 0 radical (unpaired) electrons. The molecule has 25 heavy (non-hydrogen) atoms. The predicted molar refractivity (Wildman–Crippen MR) is 107 cm³/mol. The third-order valence-electron chi connectivity index (χ3n) is 4.73. The number of hydrogen-bond donors (Lipinski definition) is 0. The molecule has 2 aliphatic carbocycles. The van der Waals surface area contributed by atoms with Crippen molar-refractivity contribution in [2.45, 2.75) is 85.0 Å². The first-order valence-electron chi connectivity index (χ1n) is 10.2. The SMILES string of the molecule is CCC.CCc1cnc2c(c1)CCCC2.c1cnc2c(c1)CCCC2. The lowest BCUT2D eigenvalue weighted by Gasteiger charge is -2.14. The van der Waals surface area contributed by atoms with E-state index in [2.05, 4.69) is 42.9 Å². The maximum Gasteiger partial charge on any atom is 0.0435 e. The molecule has 0 atom stereocenters. The summed E-state index contributed by atoms with van der Waals surface area (Å²) in [5.74, 6) is 0. The lowest BCUT2D eigenvalue weighted by Crippen LogP contribution is -2.05. The molecule has 2 heteroatoms. The molecule has 2 heterocycles. The van der Waals surface area contributed by atoms with E-state index in [0.717, 1.165) is 6.42 Å². The van der Waals surface area contributed by atoms with Gasteiger partial charge in [0.2, 0.25) is 0 Å². The summed E-state index contributed by atoms with van der Waals surface area (Å²) in [7, 11) is 0. The number of rotatable bonds is 1. The summed E-state index contributed by atoms with van der Waals surface area (Å²) in [5.41, 5.74) is 7.03. The van der Waals surface area contributed by atoms with E-state index in [4.69, 9.17) is 0 Å². The minimum absolute atomic E-state index is 1.11. The molecule has 2 aromatic rings. The summed E-state index contributed by atoms with van der Waals surface area (Å²) in [4.78, 5) is 8.81. The third-order valence-corrected chi connectivity index (χ3v) is 4.73. The summed E-state index contributed by atoms with van der Waals surface area (Å²) in [6.07, 6.45) is 16.5. The van der Waals surface area contributed by atoms with Gasteiger partial charge in [-0.3, -0.25) is 9.97 Å². The van der Waals surface area contributed by atoms with Gasteiger partial charge in [-0.2, -0.15) is 0 Å². The second-order valence-electron chi connectivity index (χ2n) is 7.03. The van der Waals surface area contributed by atoms with Gasteiger partial charge < -0.3 is 0 Å². The minimum Gasteiger partial charge on any atom is -0.261 e. The molecule has 0 saturated carbocycles. The van der Waals surface area contributed by atoms with Crippen LogP contribution < -0.4 is 0 Å². The van der Waals surface area contributed by atoms with Crippen molar-refractivity contribution in [3.8, 4) is 0 Å². The van der Waals surface area contributed by atoms with Crippen molar-refractivity contribution in [1.29, 1.82) is 0 Å². The first-order chi connectivity index (χ1) is 12.3. The fourth-order valence-electron chi connectivity index (χ4n) is 3.36. The van der Waals surface area contributed by atoms with Gasteiger partial charge in [0.15, 0.2) is 0 Å². The molecule has 0 saturated heterocycles. The van der Waals surface area contributed by atoms with Crippen molar-refractivity contribution in [3.05, 3.63) is 58.7 Å². The standard InChI is InChI=1S/C11H15N.C9H11N.C3H8/c1-2-9-7-10-5-3-4-6-11(10)12-8-9;1-2-6-9-8(4-1)5-3-7-10-9;1-3-2/h7-8H,2-6H2,1H3;3,5,7H,1-2,4,6H2;3H2,1-2H3. The summed E-state index contributed by atoms with van der Waals surface area (Å²) < 4.78 is 0. The lowest BCUT2D eigenvalue weighted by atomic mass is 9.95. The zero-order valence-corrected chi connectivity index (χ0v) is 16.4. The van der Waals surface area contributed by atoms with E-state index in [1.807, 2.05) is 18.5 Å². The minimum atomic E-state index is 1.11. The average Bonchev–Trinajstić information content (AvgIpc) is 2.69. The van der Waals surface area contributed by atoms with Gasteiger partial charge in [0.1, 0.15) is 0 Å². The molecular formula is C23H34N2. The Morgan fingerprint density at radius 2 is 1.40 bits per heavy atom. The normalized spacial score (nSPS) is 14.8. The van der Waals surface area contributed by atoms with Gasteiger partial charge in [0.25, 0.3) is 0 Å². The molecule has 2 aliphatic rings. The average molecular weight is 339 g/mol. The molecule has 136 valence electrons. The smallest absolute Gasteiger partial charge is 0.0435 e. The van der Waals surface area contributed by atoms with Crippen LogP contribution in [0.1, 0.15) is 81.0 Å². The topological polar surface area (TPSA) is 25.8 Å². The molecule has 0 aromatic carbocycles. The number of nitrogens with zero attached hydrogens (tertiary/aromatic N) is 2. The number of hydrogen-bond acceptors (Lipinski definition) is 2. The fraction of sp³-hybridized carbons (Fsp3) is 0.565. The molecule has 0 spiro atoms. The van der Waals surface area contributed by atoms with Crippen molar-refractivity contribution in [2.75, 3.05) is 0 Å². The lowest BCUT2D eigenvalue weighted by molar-refractivity contribution is 0.666. The van der Waals surface area contributed by atoms with Gasteiger partial charge in [-0.15, -0.1) is 0 Å². The second kappa shape index (κ2) is 11.0. The first-order valence-corrected chi connectivity index (χ1v) is 10.2. The Morgan fingerprint density at radius 1 is 0.800 bits per heavy atom. The van der Waals surface area contributed by atoms with Gasteiger partial charge in [-0.05, 0) is 80.5 Å². The summed E-state index contributed by atoms with van der Waals surface area (Å²) in [6.45, 7) is 6.44. The van der Waals surface area contributed by atoms with Crippen LogP contribution in [-0.2, 0) is 32.1 Å². The molecule has 0 aliphatic heterocycles. The zero-order valence-electron chi connectivity index (χ0n) is 16.4. The van der Waals surface area contributed by atoms with E-state index in [9.17, 15) is 0 Å². The van der Waals surface area contributed by atoms with E-state index in [1.165, 1.54) is 85.9 Å². The molecule has 0 fully saturated rings. The maximum absolute atomic E-state index is 4.49. The highest BCUT2D eigenvalue weighted by Crippen LogP contribution is 2.20. The van der Waals surface area contributed by atoms with Gasteiger partial charge in [-0.1, -0.05) is 39.3 Å². The van der Waals surface area contributed by atoms with Crippen molar-refractivity contribution < 1.29 is 0 Å². The highest BCUT2D eigenvalue weighted by Gasteiger charge is 2.10. The van der Waals surface area contributed by atoms with Crippen LogP contribution in [0.15, 0.2) is 30.6 Å². The van der Waals surface area contributed by atoms with Crippen LogP contribution >= 0.6 is 0 Å². The Balaban J connectivity index is 0.000000158. The van der Waals surface area contributed by atoms with Crippen molar-refractivity contribution >= 4 is 0 Å². The van der Waals surface area contributed by atoms with Crippen LogP contribution in [0.3, 0.4) is 0 Å². The van der Waals surface area contributed by atoms with Crippen LogP contribution in [0.2, 0.25) is 0 Å². The zero-order chi connectivity index (χ0) is 17.9. The maximum atomic E-state index is 4.49. The molecule has 2 nitrogen and oxygen atoms in total. The monoisotopic (exact) mass is 338 g/mol. The van der Waals surface area contributed by atoms with E-state index in [-0.39, 0.29) is 0 Å². The first kappa shape index (κ1) is 19.6. The molecule has 0 unspecified atom stereocenters. The predicted octanol–water partition coefficient (Wildman–Crippen LogP) is 5.90. The van der Waals surface area contributed by atoms with Crippen molar-refractivity contribution in [2.24, 2.45) is 0 Å². The van der Waals surface area contributed by atoms with Crippen LogP contribution in [0.25, 0.3) is 0 Å². The highest BCUT2D eigenvalue weighted by molar-refractivity contribution is 5.27. The number of pyridine rings is 2. The van der Waals surface area contributed by atoms with Gasteiger partial charge in [0.05, 0.1) is 0 Å². The molecule has 0 N–H and O–H groups in total. The van der Waals surface area contributed by atoms with Crippen LogP contribution in [0, 0.1) is 0 Å². The van der Waals surface area contributed by atoms with Gasteiger partial charge in [0, 0.05) is 23.8 Å². The number of aryl methyl sites for hydroxylation is 5. The molecule has 0 bridgehead atoms. The van der Waals surface area contributed by atoms with E-state index >= 15 is 0 Å². The highest BCUT2D eigenvalue weighted by atomic mass is 14.7. The summed E-state index contributed by atoms with van der Waals surface area (Å²) in [6, 6.07) is 6.56. The Hall–Kier alpha value is -1.70. The fourth-order valence-corrected chi connectivity index (χ4v) is 3.36. The van der Waals surface area contributed by atoms with Crippen molar-refractivity contribution in [3.63, 3.8) is 0 Å². The Labute approximate surface area is 154 Å².